The Labute approximate surface area is 222 Å². The van der Waals surface area contributed by atoms with Crippen LogP contribution < -0.4 is 5.32 Å². The standard InChI is InChI=1S/C28H32Cl2N2O4/c1-27(2)16-36-25(32-27)21(17-7-9-19(29)10-8-17)11-12-23-22(18-5-4-6-20(30)13-18)14-28(3,15-24(33)34)26(35)31-23/h4-10,13,21-23H,11-12,14-16H2,1-3H3,(H,31,35)(H,33,34). The van der Waals surface area contributed by atoms with Crippen molar-refractivity contribution >= 4 is 41.0 Å². The minimum Gasteiger partial charge on any atom is -0.481 e. The number of carboxylic acids is 1. The molecule has 1 saturated heterocycles. The normalized spacial score (nSPS) is 26.0. The van der Waals surface area contributed by atoms with Gasteiger partial charge in [-0.3, -0.25) is 9.59 Å². The van der Waals surface area contributed by atoms with E-state index in [2.05, 4.69) is 5.32 Å². The van der Waals surface area contributed by atoms with E-state index in [0.29, 0.717) is 41.8 Å². The number of hydrogen-bond donors (Lipinski definition) is 2. The number of benzene rings is 2. The maximum Gasteiger partial charge on any atom is 0.304 e. The topological polar surface area (TPSA) is 88.0 Å². The van der Waals surface area contributed by atoms with E-state index in [0.717, 1.165) is 11.1 Å². The van der Waals surface area contributed by atoms with Crippen LogP contribution in [0.2, 0.25) is 10.0 Å². The Hall–Kier alpha value is -2.57. The van der Waals surface area contributed by atoms with Crippen LogP contribution in [0.15, 0.2) is 53.5 Å². The average Bonchev–Trinajstić information content (AvgIpc) is 3.16. The van der Waals surface area contributed by atoms with Gasteiger partial charge < -0.3 is 15.2 Å². The molecule has 36 heavy (non-hydrogen) atoms. The molecular weight excluding hydrogens is 499 g/mol. The Balaban J connectivity index is 1.63. The summed E-state index contributed by atoms with van der Waals surface area (Å²) in [4.78, 5) is 29.5. The number of piperidine rings is 1. The van der Waals surface area contributed by atoms with Gasteiger partial charge in [-0.05, 0) is 68.5 Å². The zero-order valence-electron chi connectivity index (χ0n) is 20.8. The van der Waals surface area contributed by atoms with Crippen LogP contribution in [0.1, 0.15) is 69.4 Å². The highest BCUT2D eigenvalue weighted by molar-refractivity contribution is 6.30. The summed E-state index contributed by atoms with van der Waals surface area (Å²) in [5, 5.41) is 13.9. The molecule has 2 aromatic carbocycles. The maximum absolute atomic E-state index is 13.1. The van der Waals surface area contributed by atoms with Gasteiger partial charge >= 0.3 is 5.97 Å². The number of carboxylic acid groups (broad SMARTS) is 1. The lowest BCUT2D eigenvalue weighted by Crippen LogP contribution is -2.54. The lowest BCUT2D eigenvalue weighted by Gasteiger charge is -2.42. The van der Waals surface area contributed by atoms with Crippen molar-refractivity contribution in [3.8, 4) is 0 Å². The number of aliphatic carboxylic acids is 1. The highest BCUT2D eigenvalue weighted by Gasteiger charge is 2.46. The van der Waals surface area contributed by atoms with Crippen LogP contribution in [0.3, 0.4) is 0 Å². The maximum atomic E-state index is 13.1. The summed E-state index contributed by atoms with van der Waals surface area (Å²) < 4.78 is 6.03. The fourth-order valence-corrected chi connectivity index (χ4v) is 5.60. The second kappa shape index (κ2) is 10.4. The molecule has 192 valence electrons. The molecule has 0 saturated carbocycles. The van der Waals surface area contributed by atoms with Crippen molar-refractivity contribution in [3.63, 3.8) is 0 Å². The summed E-state index contributed by atoms with van der Waals surface area (Å²) in [7, 11) is 0. The van der Waals surface area contributed by atoms with Crippen molar-refractivity contribution < 1.29 is 19.4 Å². The largest absolute Gasteiger partial charge is 0.481 e. The van der Waals surface area contributed by atoms with Crippen LogP contribution in [0.25, 0.3) is 0 Å². The van der Waals surface area contributed by atoms with Crippen LogP contribution >= 0.6 is 23.2 Å². The number of ether oxygens (including phenoxy) is 1. The van der Waals surface area contributed by atoms with Gasteiger partial charge in [-0.2, -0.15) is 0 Å². The minimum absolute atomic E-state index is 0.0838. The Morgan fingerprint density at radius 3 is 2.50 bits per heavy atom. The van der Waals surface area contributed by atoms with Gasteiger partial charge in [0.1, 0.15) is 6.61 Å². The van der Waals surface area contributed by atoms with Gasteiger partial charge in [0.15, 0.2) is 5.90 Å². The van der Waals surface area contributed by atoms with Crippen molar-refractivity contribution in [1.29, 1.82) is 0 Å². The van der Waals surface area contributed by atoms with Gasteiger partial charge in [-0.15, -0.1) is 0 Å². The van der Waals surface area contributed by atoms with Crippen molar-refractivity contribution in [2.24, 2.45) is 10.4 Å². The van der Waals surface area contributed by atoms with E-state index in [-0.39, 0.29) is 35.7 Å². The SMILES string of the molecule is CC1(C)COC(C(CCC2NC(=O)C(C)(CC(=O)O)CC2c2cccc(Cl)c2)c2ccc(Cl)cc2)=N1. The molecule has 4 rings (SSSR count). The second-order valence-electron chi connectivity index (χ2n) is 10.8. The first kappa shape index (κ1) is 26.5. The number of halogens is 2. The number of hydrogen-bond acceptors (Lipinski definition) is 4. The Bertz CT molecular complexity index is 1160. The van der Waals surface area contributed by atoms with Crippen LogP contribution in [0, 0.1) is 5.41 Å². The van der Waals surface area contributed by atoms with Gasteiger partial charge in [0.25, 0.3) is 0 Å². The molecule has 2 aliphatic rings. The molecule has 2 heterocycles. The molecule has 4 atom stereocenters. The Kier molecular flexibility index (Phi) is 7.67. The van der Waals surface area contributed by atoms with E-state index in [1.807, 2.05) is 62.4 Å². The molecule has 8 heteroatoms. The summed E-state index contributed by atoms with van der Waals surface area (Å²) in [6.45, 7) is 6.33. The molecule has 4 unspecified atom stereocenters. The third kappa shape index (κ3) is 6.04. The lowest BCUT2D eigenvalue weighted by atomic mass is 9.68. The molecule has 0 aromatic heterocycles. The van der Waals surface area contributed by atoms with E-state index in [1.54, 1.807) is 6.92 Å². The summed E-state index contributed by atoms with van der Waals surface area (Å²) in [6, 6.07) is 15.1. The molecule has 1 amide bonds. The monoisotopic (exact) mass is 530 g/mol. The fourth-order valence-electron chi connectivity index (χ4n) is 5.28. The molecule has 2 aromatic rings. The van der Waals surface area contributed by atoms with Crippen LogP contribution in [0.5, 0.6) is 0 Å². The van der Waals surface area contributed by atoms with Gasteiger partial charge in [-0.25, -0.2) is 4.99 Å². The molecule has 6 nitrogen and oxygen atoms in total. The average molecular weight is 531 g/mol. The Morgan fingerprint density at radius 2 is 1.89 bits per heavy atom. The predicted molar refractivity (Wildman–Crippen MR) is 142 cm³/mol. The zero-order valence-corrected chi connectivity index (χ0v) is 22.3. The number of nitrogens with zero attached hydrogens (tertiary/aromatic N) is 1. The summed E-state index contributed by atoms with van der Waals surface area (Å²) in [5.74, 6) is -0.697. The predicted octanol–water partition coefficient (Wildman–Crippen LogP) is 6.22. The highest BCUT2D eigenvalue weighted by Crippen LogP contribution is 2.43. The van der Waals surface area contributed by atoms with Crippen molar-refractivity contribution in [2.45, 2.75) is 69.9 Å². The summed E-state index contributed by atoms with van der Waals surface area (Å²) in [6.07, 6.45) is 1.54. The lowest BCUT2D eigenvalue weighted by molar-refractivity contribution is -0.147. The minimum atomic E-state index is -1.01. The number of rotatable bonds is 8. The van der Waals surface area contributed by atoms with Crippen molar-refractivity contribution in [2.75, 3.05) is 6.61 Å². The van der Waals surface area contributed by atoms with E-state index < -0.39 is 11.4 Å². The smallest absolute Gasteiger partial charge is 0.304 e. The van der Waals surface area contributed by atoms with E-state index in [1.165, 1.54) is 0 Å². The number of amides is 1. The molecule has 1 fully saturated rings. The highest BCUT2D eigenvalue weighted by atomic mass is 35.5. The number of aliphatic imine (C=N–C) groups is 1. The molecule has 0 spiro atoms. The molecule has 0 aliphatic carbocycles. The van der Waals surface area contributed by atoms with Crippen LogP contribution in [-0.4, -0.2) is 41.1 Å². The van der Waals surface area contributed by atoms with Gasteiger partial charge in [0, 0.05) is 22.0 Å². The first-order valence-electron chi connectivity index (χ1n) is 12.2. The molecule has 2 N–H and O–H groups in total. The van der Waals surface area contributed by atoms with Gasteiger partial charge in [-0.1, -0.05) is 54.4 Å². The molecule has 0 bridgehead atoms. The van der Waals surface area contributed by atoms with Crippen molar-refractivity contribution in [1.82, 2.24) is 5.32 Å². The van der Waals surface area contributed by atoms with E-state index >= 15 is 0 Å². The Morgan fingerprint density at radius 1 is 1.17 bits per heavy atom. The zero-order chi connectivity index (χ0) is 26.1. The number of carbonyl (C=O) groups is 2. The molecular formula is C28H32Cl2N2O4. The fraction of sp³-hybridized carbons (Fsp3) is 0.464. The summed E-state index contributed by atoms with van der Waals surface area (Å²) >= 11 is 12.4. The number of carbonyl (C=O) groups excluding carboxylic acids is 1. The summed E-state index contributed by atoms with van der Waals surface area (Å²) in [5.41, 5.74) is 0.741. The van der Waals surface area contributed by atoms with Crippen molar-refractivity contribution in [3.05, 3.63) is 69.7 Å². The quantitative estimate of drug-likeness (QED) is 0.424. The molecule has 0 radical (unpaired) electrons. The first-order chi connectivity index (χ1) is 17.0. The third-order valence-corrected chi connectivity index (χ3v) is 7.65. The first-order valence-corrected chi connectivity index (χ1v) is 13.0. The van der Waals surface area contributed by atoms with Crippen LogP contribution in [0.4, 0.5) is 0 Å². The van der Waals surface area contributed by atoms with Crippen LogP contribution in [-0.2, 0) is 14.3 Å². The van der Waals surface area contributed by atoms with E-state index in [9.17, 15) is 14.7 Å². The third-order valence-electron chi connectivity index (χ3n) is 7.16. The van der Waals surface area contributed by atoms with E-state index in [4.69, 9.17) is 32.9 Å². The second-order valence-corrected chi connectivity index (χ2v) is 11.7. The van der Waals surface area contributed by atoms with Gasteiger partial charge in [0.2, 0.25) is 5.91 Å². The number of nitrogens with one attached hydrogen (secondary N) is 1. The van der Waals surface area contributed by atoms with Gasteiger partial charge in [0.05, 0.1) is 23.3 Å². The molecule has 2 aliphatic heterocycles.